The van der Waals surface area contributed by atoms with Crippen LogP contribution in [0.3, 0.4) is 0 Å². The van der Waals surface area contributed by atoms with Crippen LogP contribution < -0.4 is 15.4 Å². The molecule has 0 bridgehead atoms. The zero-order valence-corrected chi connectivity index (χ0v) is 22.5. The third kappa shape index (κ3) is 5.58. The molecule has 5 aromatic carbocycles. The molecule has 200 valence electrons. The molecule has 6 aromatic rings. The number of nitrogens with one attached hydrogen (secondary N) is 2. The average molecular weight is 537 g/mol. The van der Waals surface area contributed by atoms with Gasteiger partial charge in [-0.2, -0.15) is 0 Å². The summed E-state index contributed by atoms with van der Waals surface area (Å²) in [6.45, 7) is 0. The van der Waals surface area contributed by atoms with E-state index < -0.39 is 0 Å². The van der Waals surface area contributed by atoms with Crippen molar-refractivity contribution in [1.29, 1.82) is 0 Å². The van der Waals surface area contributed by atoms with Crippen molar-refractivity contribution in [2.75, 3.05) is 17.7 Å². The van der Waals surface area contributed by atoms with E-state index >= 15 is 0 Å². The van der Waals surface area contributed by atoms with E-state index in [2.05, 4.69) is 39.5 Å². The Hall–Kier alpha value is -5.62. The molecule has 1 aromatic heterocycles. The van der Waals surface area contributed by atoms with Gasteiger partial charge in [0.25, 0.3) is 0 Å². The maximum atomic E-state index is 12.6. The van der Waals surface area contributed by atoms with Gasteiger partial charge >= 0.3 is 6.03 Å². The molecule has 6 nitrogen and oxygen atoms in total. The highest BCUT2D eigenvalue weighted by atomic mass is 16.5. The molecule has 0 radical (unpaired) electrons. The lowest BCUT2D eigenvalue weighted by Crippen LogP contribution is -2.19. The van der Waals surface area contributed by atoms with Crippen LogP contribution in [0.1, 0.15) is 0 Å². The lowest BCUT2D eigenvalue weighted by Gasteiger charge is -2.15. The number of para-hydroxylation sites is 1. The highest BCUT2D eigenvalue weighted by Crippen LogP contribution is 2.39. The maximum absolute atomic E-state index is 12.6. The average Bonchev–Trinajstić information content (AvgIpc) is 3.43. The van der Waals surface area contributed by atoms with Gasteiger partial charge in [-0.1, -0.05) is 78.9 Å². The summed E-state index contributed by atoms with van der Waals surface area (Å²) in [6.07, 6.45) is 0. The lowest BCUT2D eigenvalue weighted by molar-refractivity contribution is 0.262. The number of hydrogen-bond acceptors (Lipinski definition) is 3. The molecule has 0 atom stereocenters. The van der Waals surface area contributed by atoms with Gasteiger partial charge in [0, 0.05) is 33.8 Å². The quantitative estimate of drug-likeness (QED) is 0.215. The fraction of sp³-hybridized carbons (Fsp3) is 0.0286. The first-order valence-electron chi connectivity index (χ1n) is 13.3. The van der Waals surface area contributed by atoms with Gasteiger partial charge in [-0.25, -0.2) is 9.78 Å². The van der Waals surface area contributed by atoms with Crippen LogP contribution in [0.5, 0.6) is 5.75 Å². The van der Waals surface area contributed by atoms with Crippen LogP contribution in [0.2, 0.25) is 0 Å². The second kappa shape index (κ2) is 11.6. The number of urea groups is 1. The molecule has 6 rings (SSSR count). The van der Waals surface area contributed by atoms with E-state index in [9.17, 15) is 4.79 Å². The topological polar surface area (TPSA) is 68.2 Å². The highest BCUT2D eigenvalue weighted by Gasteiger charge is 2.22. The van der Waals surface area contributed by atoms with Gasteiger partial charge in [-0.15, -0.1) is 0 Å². The molecule has 2 N–H and O–H groups in total. The number of anilines is 2. The van der Waals surface area contributed by atoms with E-state index in [0.29, 0.717) is 5.69 Å². The van der Waals surface area contributed by atoms with Crippen molar-refractivity contribution in [2.45, 2.75) is 0 Å². The standard InChI is InChI=1S/C35H28N4O2/c1-41-31-23-17-27(18-24-31)34-38-32(25-11-5-2-6-12-25)33(26-13-7-3-8-14-26)39(34)30-21-19-29(20-22-30)37-35(40)36-28-15-9-4-10-16-28/h2-24H,1H3,(H2,36,37,40). The first-order chi connectivity index (χ1) is 20.2. The van der Waals surface area contributed by atoms with Gasteiger partial charge in [0.15, 0.2) is 0 Å². The van der Waals surface area contributed by atoms with E-state index in [4.69, 9.17) is 9.72 Å². The van der Waals surface area contributed by atoms with Gasteiger partial charge in [-0.05, 0) is 60.7 Å². The maximum Gasteiger partial charge on any atom is 0.323 e. The van der Waals surface area contributed by atoms with E-state index in [-0.39, 0.29) is 6.03 Å². The first kappa shape index (κ1) is 25.6. The summed E-state index contributed by atoms with van der Waals surface area (Å²) in [5.74, 6) is 1.58. The SMILES string of the molecule is COc1ccc(-c2nc(-c3ccccc3)c(-c3ccccc3)n2-c2ccc(NC(=O)Nc3ccccc3)cc2)cc1. The number of ether oxygens (including phenoxy) is 1. The van der Waals surface area contributed by atoms with Gasteiger partial charge < -0.3 is 15.4 Å². The van der Waals surface area contributed by atoms with Crippen molar-refractivity contribution in [3.05, 3.63) is 140 Å². The molecule has 0 saturated carbocycles. The number of imidazole rings is 1. The normalized spacial score (nSPS) is 10.7. The van der Waals surface area contributed by atoms with Gasteiger partial charge in [0.05, 0.1) is 18.5 Å². The van der Waals surface area contributed by atoms with E-state index in [1.807, 2.05) is 115 Å². The third-order valence-electron chi connectivity index (χ3n) is 6.74. The predicted octanol–water partition coefficient (Wildman–Crippen LogP) is 8.53. The number of hydrogen-bond donors (Lipinski definition) is 2. The molecule has 1 heterocycles. The minimum atomic E-state index is -0.304. The number of carbonyl (C=O) groups excluding carboxylic acids is 1. The van der Waals surface area contributed by atoms with Gasteiger partial charge in [0.2, 0.25) is 0 Å². The summed E-state index contributed by atoms with van der Waals surface area (Å²) < 4.78 is 7.58. The number of aromatic nitrogens is 2. The molecule has 41 heavy (non-hydrogen) atoms. The largest absolute Gasteiger partial charge is 0.497 e. The van der Waals surface area contributed by atoms with Crippen molar-refractivity contribution < 1.29 is 9.53 Å². The van der Waals surface area contributed by atoms with Crippen LogP contribution in [0, 0.1) is 0 Å². The molecule has 2 amide bonds. The zero-order valence-electron chi connectivity index (χ0n) is 22.5. The zero-order chi connectivity index (χ0) is 28.0. The summed E-state index contributed by atoms with van der Waals surface area (Å²) in [5.41, 5.74) is 7.20. The third-order valence-corrected chi connectivity index (χ3v) is 6.74. The Labute approximate surface area is 238 Å². The number of nitrogens with zero attached hydrogens (tertiary/aromatic N) is 2. The Kier molecular flexibility index (Phi) is 7.28. The Morgan fingerprint density at radius 1 is 0.610 bits per heavy atom. The molecule has 6 heteroatoms. The first-order valence-corrected chi connectivity index (χ1v) is 13.3. The molecular formula is C35H28N4O2. The number of benzene rings is 5. The van der Waals surface area contributed by atoms with Crippen molar-refractivity contribution in [1.82, 2.24) is 9.55 Å². The Bertz CT molecular complexity index is 1750. The number of amides is 2. The van der Waals surface area contributed by atoms with Crippen molar-refractivity contribution in [3.63, 3.8) is 0 Å². The van der Waals surface area contributed by atoms with Crippen LogP contribution >= 0.6 is 0 Å². The molecule has 0 aliphatic carbocycles. The van der Waals surface area contributed by atoms with Gasteiger partial charge in [-0.3, -0.25) is 4.57 Å². The number of methoxy groups -OCH3 is 1. The van der Waals surface area contributed by atoms with E-state index in [1.165, 1.54) is 0 Å². The summed E-state index contributed by atoms with van der Waals surface area (Å²) >= 11 is 0. The van der Waals surface area contributed by atoms with Crippen LogP contribution in [-0.2, 0) is 0 Å². The number of carbonyl (C=O) groups is 1. The molecule has 0 aliphatic heterocycles. The second-order valence-corrected chi connectivity index (χ2v) is 9.42. The Balaban J connectivity index is 1.45. The van der Waals surface area contributed by atoms with Crippen molar-refractivity contribution in [3.8, 4) is 45.3 Å². The van der Waals surface area contributed by atoms with Crippen LogP contribution in [-0.4, -0.2) is 22.7 Å². The molecule has 0 fully saturated rings. The lowest BCUT2D eigenvalue weighted by atomic mass is 10.0. The molecule has 0 spiro atoms. The minimum Gasteiger partial charge on any atom is -0.497 e. The molecule has 0 unspecified atom stereocenters. The van der Waals surface area contributed by atoms with E-state index in [1.54, 1.807) is 7.11 Å². The fourth-order valence-electron chi connectivity index (χ4n) is 4.77. The Morgan fingerprint density at radius 3 is 1.73 bits per heavy atom. The van der Waals surface area contributed by atoms with Gasteiger partial charge in [0.1, 0.15) is 11.6 Å². The van der Waals surface area contributed by atoms with E-state index in [0.717, 1.165) is 51.0 Å². The fourth-order valence-corrected chi connectivity index (χ4v) is 4.77. The van der Waals surface area contributed by atoms with Crippen LogP contribution in [0.4, 0.5) is 16.2 Å². The monoisotopic (exact) mass is 536 g/mol. The van der Waals surface area contributed by atoms with Crippen LogP contribution in [0.25, 0.3) is 39.6 Å². The molecule has 0 saturated heterocycles. The second-order valence-electron chi connectivity index (χ2n) is 9.42. The number of rotatable bonds is 7. The minimum absolute atomic E-state index is 0.304. The summed E-state index contributed by atoms with van der Waals surface area (Å²) in [4.78, 5) is 17.8. The molecule has 0 aliphatic rings. The van der Waals surface area contributed by atoms with Crippen molar-refractivity contribution in [2.24, 2.45) is 0 Å². The Morgan fingerprint density at radius 2 is 1.15 bits per heavy atom. The molecular weight excluding hydrogens is 508 g/mol. The predicted molar refractivity (Wildman–Crippen MR) is 166 cm³/mol. The summed E-state index contributed by atoms with van der Waals surface area (Å²) in [7, 11) is 1.66. The van der Waals surface area contributed by atoms with Crippen LogP contribution in [0.15, 0.2) is 140 Å². The van der Waals surface area contributed by atoms with Crippen molar-refractivity contribution >= 4 is 17.4 Å². The smallest absolute Gasteiger partial charge is 0.323 e. The summed E-state index contributed by atoms with van der Waals surface area (Å²) in [5, 5.41) is 5.77. The highest BCUT2D eigenvalue weighted by molar-refractivity contribution is 5.99. The summed E-state index contributed by atoms with van der Waals surface area (Å²) in [6, 6.07) is 45.2.